The number of hydrogen-bond acceptors (Lipinski definition) is 4. The predicted octanol–water partition coefficient (Wildman–Crippen LogP) is 1.82. The standard InChI is InChI=1S/C10H6N2O3S/c13-9-5-6-10(16)11(9)7-1-3-8(4-2-7)12(14)15/h1-6H. The number of rotatable bonds is 2. The zero-order valence-corrected chi connectivity index (χ0v) is 8.81. The van der Waals surface area contributed by atoms with Gasteiger partial charge in [0, 0.05) is 18.2 Å². The third-order valence-electron chi connectivity index (χ3n) is 2.13. The number of carbonyl (C=O) groups is 1. The summed E-state index contributed by atoms with van der Waals surface area (Å²) in [5.41, 5.74) is 0.514. The molecule has 80 valence electrons. The van der Waals surface area contributed by atoms with Gasteiger partial charge in [0.2, 0.25) is 0 Å². The van der Waals surface area contributed by atoms with Crippen molar-refractivity contribution in [2.75, 3.05) is 4.90 Å². The van der Waals surface area contributed by atoms with Crippen molar-refractivity contribution in [1.82, 2.24) is 0 Å². The van der Waals surface area contributed by atoms with Gasteiger partial charge in [0.1, 0.15) is 4.99 Å². The summed E-state index contributed by atoms with van der Waals surface area (Å²) in [7, 11) is 0. The van der Waals surface area contributed by atoms with Gasteiger partial charge in [0.15, 0.2) is 0 Å². The van der Waals surface area contributed by atoms with Crippen molar-refractivity contribution in [2.45, 2.75) is 0 Å². The highest BCUT2D eigenvalue weighted by atomic mass is 32.1. The van der Waals surface area contributed by atoms with Gasteiger partial charge in [0.05, 0.1) is 10.6 Å². The Hall–Kier alpha value is -2.08. The maximum Gasteiger partial charge on any atom is 0.269 e. The molecule has 1 amide bonds. The van der Waals surface area contributed by atoms with E-state index in [1.807, 2.05) is 0 Å². The second-order valence-electron chi connectivity index (χ2n) is 3.12. The van der Waals surface area contributed by atoms with Crippen molar-refractivity contribution in [3.05, 3.63) is 46.5 Å². The molecule has 1 aliphatic heterocycles. The lowest BCUT2D eigenvalue weighted by atomic mass is 10.2. The van der Waals surface area contributed by atoms with E-state index in [1.165, 1.54) is 41.3 Å². The number of nitro benzene ring substituents is 1. The lowest BCUT2D eigenvalue weighted by Gasteiger charge is -2.15. The van der Waals surface area contributed by atoms with Gasteiger partial charge in [-0.1, -0.05) is 12.2 Å². The fraction of sp³-hybridized carbons (Fsp3) is 0. The molecule has 16 heavy (non-hydrogen) atoms. The van der Waals surface area contributed by atoms with Gasteiger partial charge in [-0.3, -0.25) is 19.8 Å². The molecule has 5 nitrogen and oxygen atoms in total. The molecular formula is C10H6N2O3S. The Morgan fingerprint density at radius 1 is 1.19 bits per heavy atom. The minimum absolute atomic E-state index is 0.0192. The van der Waals surface area contributed by atoms with Crippen LogP contribution in [0.25, 0.3) is 0 Å². The van der Waals surface area contributed by atoms with Crippen LogP contribution in [-0.2, 0) is 4.79 Å². The van der Waals surface area contributed by atoms with E-state index in [1.54, 1.807) is 0 Å². The summed E-state index contributed by atoms with van der Waals surface area (Å²) in [5.74, 6) is -0.237. The molecule has 0 N–H and O–H groups in total. The number of nitrogens with zero attached hydrogens (tertiary/aromatic N) is 2. The number of hydrogen-bond donors (Lipinski definition) is 0. The number of amides is 1. The summed E-state index contributed by atoms with van der Waals surface area (Å²) >= 11 is 4.97. The number of carbonyl (C=O) groups excluding carboxylic acids is 1. The molecule has 1 heterocycles. The molecule has 2 rings (SSSR count). The third kappa shape index (κ3) is 1.70. The van der Waals surface area contributed by atoms with Gasteiger partial charge in [-0.05, 0) is 18.2 Å². The van der Waals surface area contributed by atoms with E-state index in [0.29, 0.717) is 10.7 Å². The molecular weight excluding hydrogens is 228 g/mol. The van der Waals surface area contributed by atoms with Crippen LogP contribution in [0.4, 0.5) is 11.4 Å². The monoisotopic (exact) mass is 234 g/mol. The number of benzene rings is 1. The average molecular weight is 234 g/mol. The smallest absolute Gasteiger partial charge is 0.269 e. The minimum Gasteiger partial charge on any atom is -0.269 e. The van der Waals surface area contributed by atoms with Crippen molar-refractivity contribution in [2.24, 2.45) is 0 Å². The molecule has 6 heteroatoms. The Balaban J connectivity index is 2.32. The van der Waals surface area contributed by atoms with Crippen LogP contribution in [0.3, 0.4) is 0 Å². The molecule has 0 radical (unpaired) electrons. The Kier molecular flexibility index (Phi) is 2.49. The van der Waals surface area contributed by atoms with Crippen LogP contribution in [0, 0.1) is 10.1 Å². The molecule has 0 unspecified atom stereocenters. The molecule has 1 aromatic rings. The molecule has 0 aliphatic carbocycles. The number of anilines is 1. The highest BCUT2D eigenvalue weighted by Gasteiger charge is 2.22. The summed E-state index contributed by atoms with van der Waals surface area (Å²) in [4.78, 5) is 23.1. The first kappa shape index (κ1) is 10.4. The molecule has 1 aliphatic rings. The van der Waals surface area contributed by atoms with E-state index >= 15 is 0 Å². The Morgan fingerprint density at radius 3 is 2.25 bits per heavy atom. The fourth-order valence-corrected chi connectivity index (χ4v) is 1.64. The van der Waals surface area contributed by atoms with Crippen molar-refractivity contribution >= 4 is 34.5 Å². The summed E-state index contributed by atoms with van der Waals surface area (Å²) in [6.07, 6.45) is 2.89. The van der Waals surface area contributed by atoms with Gasteiger partial charge in [-0.25, -0.2) is 0 Å². The van der Waals surface area contributed by atoms with Crippen molar-refractivity contribution in [1.29, 1.82) is 0 Å². The second kappa shape index (κ2) is 3.82. The van der Waals surface area contributed by atoms with Crippen LogP contribution in [0.5, 0.6) is 0 Å². The highest BCUT2D eigenvalue weighted by molar-refractivity contribution is 7.81. The van der Waals surface area contributed by atoms with Gasteiger partial charge in [0.25, 0.3) is 11.6 Å². The topological polar surface area (TPSA) is 63.5 Å². The summed E-state index contributed by atoms with van der Waals surface area (Å²) in [6.45, 7) is 0. The first-order chi connectivity index (χ1) is 7.59. The molecule has 1 aromatic carbocycles. The first-order valence-electron chi connectivity index (χ1n) is 4.40. The molecule has 0 aromatic heterocycles. The van der Waals surface area contributed by atoms with Gasteiger partial charge >= 0.3 is 0 Å². The van der Waals surface area contributed by atoms with E-state index in [-0.39, 0.29) is 11.6 Å². The minimum atomic E-state index is -0.494. The highest BCUT2D eigenvalue weighted by Crippen LogP contribution is 2.22. The normalized spacial score (nSPS) is 14.6. The maximum atomic E-state index is 11.4. The first-order valence-corrected chi connectivity index (χ1v) is 4.81. The summed E-state index contributed by atoms with van der Waals surface area (Å²) < 4.78 is 0. The number of nitro groups is 1. The van der Waals surface area contributed by atoms with Gasteiger partial charge in [-0.15, -0.1) is 0 Å². The zero-order chi connectivity index (χ0) is 11.7. The SMILES string of the molecule is O=C1C=CC(=S)N1c1ccc([N+](=O)[O-])cc1. The van der Waals surface area contributed by atoms with Crippen LogP contribution < -0.4 is 4.90 Å². The third-order valence-corrected chi connectivity index (χ3v) is 2.45. The van der Waals surface area contributed by atoms with E-state index in [4.69, 9.17) is 12.2 Å². The number of non-ortho nitro benzene ring substituents is 1. The van der Waals surface area contributed by atoms with E-state index in [0.717, 1.165) is 0 Å². The molecule has 0 fully saturated rings. The van der Waals surface area contributed by atoms with Crippen molar-refractivity contribution < 1.29 is 9.72 Å². The molecule has 0 bridgehead atoms. The predicted molar refractivity (Wildman–Crippen MR) is 62.3 cm³/mol. The second-order valence-corrected chi connectivity index (χ2v) is 3.54. The van der Waals surface area contributed by atoms with Crippen LogP contribution >= 0.6 is 12.2 Å². The van der Waals surface area contributed by atoms with Crippen molar-refractivity contribution in [3.63, 3.8) is 0 Å². The number of thiocarbonyl (C=S) groups is 1. The Morgan fingerprint density at radius 2 is 1.81 bits per heavy atom. The Labute approximate surface area is 96.1 Å². The van der Waals surface area contributed by atoms with Crippen LogP contribution in [0.15, 0.2) is 36.4 Å². The van der Waals surface area contributed by atoms with E-state index in [9.17, 15) is 14.9 Å². The largest absolute Gasteiger partial charge is 0.269 e. The fourth-order valence-electron chi connectivity index (χ4n) is 1.38. The zero-order valence-electron chi connectivity index (χ0n) is 7.99. The maximum absolute atomic E-state index is 11.4. The van der Waals surface area contributed by atoms with Crippen LogP contribution in [-0.4, -0.2) is 15.8 Å². The molecule has 0 atom stereocenters. The summed E-state index contributed by atoms with van der Waals surface area (Å²) in [5, 5.41) is 10.4. The Bertz CT molecular complexity index is 489. The molecule has 0 saturated carbocycles. The van der Waals surface area contributed by atoms with Gasteiger partial charge in [-0.2, -0.15) is 0 Å². The van der Waals surface area contributed by atoms with E-state index in [2.05, 4.69) is 0 Å². The average Bonchev–Trinajstić information content (AvgIpc) is 2.59. The van der Waals surface area contributed by atoms with Gasteiger partial charge < -0.3 is 0 Å². The van der Waals surface area contributed by atoms with Crippen LogP contribution in [0.2, 0.25) is 0 Å². The molecule has 0 saturated heterocycles. The van der Waals surface area contributed by atoms with E-state index < -0.39 is 4.92 Å². The summed E-state index contributed by atoms with van der Waals surface area (Å²) in [6, 6.07) is 5.66. The van der Waals surface area contributed by atoms with Crippen LogP contribution in [0.1, 0.15) is 0 Å². The quantitative estimate of drug-likeness (QED) is 0.445. The molecule has 0 spiro atoms. The van der Waals surface area contributed by atoms with Crippen molar-refractivity contribution in [3.8, 4) is 0 Å². The lowest BCUT2D eigenvalue weighted by Crippen LogP contribution is -2.28. The lowest BCUT2D eigenvalue weighted by molar-refractivity contribution is -0.384.